The van der Waals surface area contributed by atoms with E-state index in [1.54, 1.807) is 4.90 Å². The molecular weight excluding hydrogens is 350 g/mol. The summed E-state index contributed by atoms with van der Waals surface area (Å²) in [7, 11) is -3.03. The first-order valence-electron chi connectivity index (χ1n) is 9.10. The number of rotatable bonds is 7. The van der Waals surface area contributed by atoms with Crippen molar-refractivity contribution in [2.45, 2.75) is 32.2 Å². The fraction of sp³-hybridized carbons (Fsp3) is 0.450. The highest BCUT2D eigenvalue weighted by Crippen LogP contribution is 2.25. The molecule has 1 unspecified atom stereocenters. The van der Waals surface area contributed by atoms with E-state index in [1.165, 1.54) is 0 Å². The summed E-state index contributed by atoms with van der Waals surface area (Å²) in [5.41, 5.74) is 0. The molecule has 1 aliphatic rings. The van der Waals surface area contributed by atoms with Crippen LogP contribution in [0.2, 0.25) is 0 Å². The van der Waals surface area contributed by atoms with Crippen molar-refractivity contribution in [2.75, 3.05) is 24.7 Å². The number of sulfone groups is 1. The summed E-state index contributed by atoms with van der Waals surface area (Å²) in [6, 6.07) is 13.4. The van der Waals surface area contributed by atoms with E-state index < -0.39 is 9.84 Å². The summed E-state index contributed by atoms with van der Waals surface area (Å²) in [4.78, 5) is 14.5. The maximum Gasteiger partial charge on any atom is 0.260 e. The summed E-state index contributed by atoms with van der Waals surface area (Å²) < 4.78 is 29.4. The molecular formula is C20H25NO4S. The standard InChI is InChI=1S/C20H25NO4S/c1-2-3-12-21(17-11-13-26(23,24)15-17)20(22)14-25-19-10-6-8-16-7-4-5-9-18(16)19/h4-10,17H,2-3,11-15H2,1H3. The van der Waals surface area contributed by atoms with E-state index in [4.69, 9.17) is 4.74 Å². The molecule has 3 rings (SSSR count). The summed E-state index contributed by atoms with van der Waals surface area (Å²) in [6.07, 6.45) is 2.33. The van der Waals surface area contributed by atoms with Gasteiger partial charge in [-0.3, -0.25) is 4.79 Å². The lowest BCUT2D eigenvalue weighted by Crippen LogP contribution is -2.44. The van der Waals surface area contributed by atoms with Crippen molar-refractivity contribution in [3.8, 4) is 5.75 Å². The van der Waals surface area contributed by atoms with E-state index in [-0.39, 0.29) is 30.1 Å². The molecule has 0 N–H and O–H groups in total. The van der Waals surface area contributed by atoms with E-state index in [2.05, 4.69) is 6.92 Å². The Morgan fingerprint density at radius 3 is 2.69 bits per heavy atom. The maximum absolute atomic E-state index is 12.8. The zero-order valence-corrected chi connectivity index (χ0v) is 15.9. The minimum absolute atomic E-state index is 0.0662. The zero-order chi connectivity index (χ0) is 18.6. The summed E-state index contributed by atoms with van der Waals surface area (Å²) in [6.45, 7) is 2.56. The van der Waals surface area contributed by atoms with Crippen LogP contribution >= 0.6 is 0 Å². The van der Waals surface area contributed by atoms with Crippen molar-refractivity contribution in [1.29, 1.82) is 0 Å². The number of carbonyl (C=O) groups excluding carboxylic acids is 1. The number of fused-ring (bicyclic) bond motifs is 1. The van der Waals surface area contributed by atoms with Crippen LogP contribution < -0.4 is 4.74 Å². The second kappa shape index (κ2) is 8.08. The SMILES string of the molecule is CCCCN(C(=O)COc1cccc2ccccc12)C1CCS(=O)(=O)C1. The first kappa shape index (κ1) is 18.7. The van der Waals surface area contributed by atoms with Crippen LogP contribution in [0.25, 0.3) is 10.8 Å². The lowest BCUT2D eigenvalue weighted by Gasteiger charge is -2.28. The maximum atomic E-state index is 12.8. The molecule has 5 nitrogen and oxygen atoms in total. The Bertz CT molecular complexity index is 873. The molecule has 0 bridgehead atoms. The molecule has 2 aromatic carbocycles. The smallest absolute Gasteiger partial charge is 0.260 e. The van der Waals surface area contributed by atoms with Gasteiger partial charge in [0, 0.05) is 18.0 Å². The van der Waals surface area contributed by atoms with E-state index in [0.29, 0.717) is 18.7 Å². The molecule has 0 spiro atoms. The average molecular weight is 375 g/mol. The lowest BCUT2D eigenvalue weighted by atomic mass is 10.1. The topological polar surface area (TPSA) is 63.7 Å². The molecule has 6 heteroatoms. The Morgan fingerprint density at radius 2 is 1.96 bits per heavy atom. The molecule has 0 aliphatic carbocycles. The van der Waals surface area contributed by atoms with Crippen molar-refractivity contribution >= 4 is 26.5 Å². The second-order valence-electron chi connectivity index (χ2n) is 6.76. The predicted molar refractivity (Wildman–Crippen MR) is 103 cm³/mol. The fourth-order valence-electron chi connectivity index (χ4n) is 3.40. The minimum atomic E-state index is -3.03. The third-order valence-corrected chi connectivity index (χ3v) is 6.57. The van der Waals surface area contributed by atoms with Crippen LogP contribution in [0, 0.1) is 0 Å². The van der Waals surface area contributed by atoms with Crippen molar-refractivity contribution in [3.05, 3.63) is 42.5 Å². The number of amides is 1. The van der Waals surface area contributed by atoms with Crippen molar-refractivity contribution < 1.29 is 17.9 Å². The fourth-order valence-corrected chi connectivity index (χ4v) is 5.14. The molecule has 1 fully saturated rings. The number of benzene rings is 2. The van der Waals surface area contributed by atoms with Gasteiger partial charge in [0.1, 0.15) is 5.75 Å². The molecule has 0 radical (unpaired) electrons. The number of nitrogens with zero attached hydrogens (tertiary/aromatic N) is 1. The van der Waals surface area contributed by atoms with Gasteiger partial charge in [-0.15, -0.1) is 0 Å². The first-order valence-corrected chi connectivity index (χ1v) is 10.9. The highest BCUT2D eigenvalue weighted by atomic mass is 32.2. The lowest BCUT2D eigenvalue weighted by molar-refractivity contribution is -0.135. The monoisotopic (exact) mass is 375 g/mol. The molecule has 26 heavy (non-hydrogen) atoms. The summed E-state index contributed by atoms with van der Waals surface area (Å²) in [5.74, 6) is 0.758. The van der Waals surface area contributed by atoms with Crippen LogP contribution in [0.4, 0.5) is 0 Å². The Balaban J connectivity index is 1.71. The quantitative estimate of drug-likeness (QED) is 0.746. The number of ether oxygens (including phenoxy) is 1. The molecule has 1 amide bonds. The van der Waals surface area contributed by atoms with E-state index >= 15 is 0 Å². The molecule has 0 aromatic heterocycles. The predicted octanol–water partition coefficient (Wildman–Crippen LogP) is 3.03. The third-order valence-electron chi connectivity index (χ3n) is 4.82. The van der Waals surface area contributed by atoms with Gasteiger partial charge in [-0.25, -0.2) is 8.42 Å². The van der Waals surface area contributed by atoms with Gasteiger partial charge in [0.15, 0.2) is 16.4 Å². The van der Waals surface area contributed by atoms with Gasteiger partial charge in [0.05, 0.1) is 11.5 Å². The molecule has 1 heterocycles. The second-order valence-corrected chi connectivity index (χ2v) is 8.99. The van der Waals surface area contributed by atoms with Gasteiger partial charge in [0.2, 0.25) is 0 Å². The van der Waals surface area contributed by atoms with Crippen LogP contribution in [0.1, 0.15) is 26.2 Å². The van der Waals surface area contributed by atoms with E-state index in [1.807, 2.05) is 42.5 Å². The molecule has 1 saturated heterocycles. The third kappa shape index (κ3) is 4.36. The summed E-state index contributed by atoms with van der Waals surface area (Å²) >= 11 is 0. The van der Waals surface area contributed by atoms with E-state index in [0.717, 1.165) is 23.6 Å². The zero-order valence-electron chi connectivity index (χ0n) is 15.1. The molecule has 1 atom stereocenters. The van der Waals surface area contributed by atoms with Crippen molar-refractivity contribution in [1.82, 2.24) is 4.90 Å². The highest BCUT2D eigenvalue weighted by molar-refractivity contribution is 7.91. The summed E-state index contributed by atoms with van der Waals surface area (Å²) in [5, 5.41) is 2.02. The van der Waals surface area contributed by atoms with Crippen LogP contribution in [0.5, 0.6) is 5.75 Å². The number of carbonyl (C=O) groups is 1. The Kier molecular flexibility index (Phi) is 5.81. The van der Waals surface area contributed by atoms with Gasteiger partial charge in [-0.05, 0) is 24.3 Å². The normalized spacial score (nSPS) is 18.7. The number of hydrogen-bond acceptors (Lipinski definition) is 4. The van der Waals surface area contributed by atoms with E-state index in [9.17, 15) is 13.2 Å². The Hall–Kier alpha value is -2.08. The van der Waals surface area contributed by atoms with Gasteiger partial charge >= 0.3 is 0 Å². The molecule has 0 saturated carbocycles. The molecule has 2 aromatic rings. The highest BCUT2D eigenvalue weighted by Gasteiger charge is 2.34. The van der Waals surface area contributed by atoms with Crippen LogP contribution in [-0.2, 0) is 14.6 Å². The molecule has 140 valence electrons. The molecule has 1 aliphatic heterocycles. The Labute approximate surface area is 154 Å². The van der Waals surface area contributed by atoms with Gasteiger partial charge in [-0.2, -0.15) is 0 Å². The first-order chi connectivity index (χ1) is 12.5. The van der Waals surface area contributed by atoms with Gasteiger partial charge < -0.3 is 9.64 Å². The van der Waals surface area contributed by atoms with Gasteiger partial charge in [-0.1, -0.05) is 49.7 Å². The van der Waals surface area contributed by atoms with Crippen LogP contribution in [0.3, 0.4) is 0 Å². The Morgan fingerprint density at radius 1 is 1.19 bits per heavy atom. The number of unbranched alkanes of at least 4 members (excludes halogenated alkanes) is 1. The van der Waals surface area contributed by atoms with Crippen molar-refractivity contribution in [3.63, 3.8) is 0 Å². The average Bonchev–Trinajstić information content (AvgIpc) is 2.99. The minimum Gasteiger partial charge on any atom is -0.483 e. The van der Waals surface area contributed by atoms with Crippen molar-refractivity contribution in [2.24, 2.45) is 0 Å². The van der Waals surface area contributed by atoms with Crippen LogP contribution in [0.15, 0.2) is 42.5 Å². The van der Waals surface area contributed by atoms with Gasteiger partial charge in [0.25, 0.3) is 5.91 Å². The largest absolute Gasteiger partial charge is 0.483 e. The number of hydrogen-bond donors (Lipinski definition) is 0. The van der Waals surface area contributed by atoms with Crippen LogP contribution in [-0.4, -0.2) is 49.9 Å².